The number of ether oxygens (including phenoxy) is 1. The van der Waals surface area contributed by atoms with Crippen LogP contribution in [0.15, 0.2) is 30.5 Å². The van der Waals surface area contributed by atoms with Crippen molar-refractivity contribution in [2.45, 2.75) is 30.8 Å². The summed E-state index contributed by atoms with van der Waals surface area (Å²) >= 11 is 0.663. The second kappa shape index (κ2) is 7.49. The van der Waals surface area contributed by atoms with E-state index < -0.39 is 17.2 Å². The summed E-state index contributed by atoms with van der Waals surface area (Å²) in [6.45, 7) is 2.85. The van der Waals surface area contributed by atoms with Gasteiger partial charge in [0, 0.05) is 13.1 Å². The maximum atomic E-state index is 13.0. The van der Waals surface area contributed by atoms with E-state index in [0.717, 1.165) is 19.0 Å². The number of alkyl halides is 3. The third kappa shape index (κ3) is 3.66. The van der Waals surface area contributed by atoms with E-state index in [-0.39, 0.29) is 6.04 Å². The monoisotopic (exact) mass is 439 g/mol. The zero-order chi connectivity index (χ0) is 20.9. The maximum absolute atomic E-state index is 13.0. The third-order valence-electron chi connectivity index (χ3n) is 5.58. The van der Waals surface area contributed by atoms with E-state index in [1.165, 1.54) is 16.8 Å². The van der Waals surface area contributed by atoms with Crippen molar-refractivity contribution in [2.24, 2.45) is 0 Å². The van der Waals surface area contributed by atoms with Crippen molar-refractivity contribution in [3.05, 3.63) is 35.3 Å². The highest BCUT2D eigenvalue weighted by Crippen LogP contribution is 2.38. The molecular weight excluding hydrogens is 419 g/mol. The molecule has 30 heavy (non-hydrogen) atoms. The third-order valence-corrected chi connectivity index (χ3v) is 6.74. The summed E-state index contributed by atoms with van der Waals surface area (Å²) in [6, 6.07) is 6.25. The van der Waals surface area contributed by atoms with Gasteiger partial charge in [-0.3, -0.25) is 4.90 Å². The molecule has 3 aromatic heterocycles. The van der Waals surface area contributed by atoms with E-state index in [9.17, 15) is 18.3 Å². The fourth-order valence-corrected chi connectivity index (χ4v) is 4.69. The number of hydrogen-bond donors (Lipinski definition) is 2. The standard InChI is InChI=1S/C19H20F3N5O2S/c20-19(21,22)16-2-1-15(30-16)13-7-23-18-4-3-17(25-27(13)18)24-12-5-6-26(8-14(12)28)11-9-29-10-11/h1-4,7,11-12,14,28H,5-6,8-10H2,(H,24,25)/t12-,14-/m0/s1. The molecule has 0 amide bonds. The Hall–Kier alpha value is -2.21. The van der Waals surface area contributed by atoms with E-state index in [1.54, 1.807) is 12.1 Å². The molecule has 0 bridgehead atoms. The predicted molar refractivity (Wildman–Crippen MR) is 106 cm³/mol. The zero-order valence-electron chi connectivity index (χ0n) is 15.8. The van der Waals surface area contributed by atoms with Gasteiger partial charge in [0.1, 0.15) is 16.4 Å². The first-order valence-electron chi connectivity index (χ1n) is 9.67. The van der Waals surface area contributed by atoms with Gasteiger partial charge in [0.05, 0.1) is 42.5 Å². The molecule has 0 radical (unpaired) electrons. The number of aliphatic hydroxyl groups excluding tert-OH is 1. The highest BCUT2D eigenvalue weighted by molar-refractivity contribution is 7.15. The summed E-state index contributed by atoms with van der Waals surface area (Å²) in [7, 11) is 0. The predicted octanol–water partition coefficient (Wildman–Crippen LogP) is 2.72. The lowest BCUT2D eigenvalue weighted by atomic mass is 9.99. The molecule has 2 N–H and O–H groups in total. The van der Waals surface area contributed by atoms with Gasteiger partial charge in [0.15, 0.2) is 5.65 Å². The lowest BCUT2D eigenvalue weighted by Gasteiger charge is -2.43. The molecule has 2 saturated heterocycles. The normalized spacial score (nSPS) is 23.6. The number of anilines is 1. The average molecular weight is 439 g/mol. The summed E-state index contributed by atoms with van der Waals surface area (Å²) in [5, 5.41) is 18.3. The first-order valence-corrected chi connectivity index (χ1v) is 10.5. The fraction of sp³-hybridized carbons (Fsp3) is 0.474. The molecular formula is C19H20F3N5O2S. The molecule has 2 fully saturated rings. The SMILES string of the molecule is O[C@H]1CN(C2COC2)CC[C@@H]1Nc1ccc2ncc(-c3ccc(C(F)(F)F)s3)n2n1. The Kier molecular flexibility index (Phi) is 4.92. The number of aromatic nitrogens is 3. The summed E-state index contributed by atoms with van der Waals surface area (Å²) in [5.41, 5.74) is 1.03. The van der Waals surface area contributed by atoms with Crippen molar-refractivity contribution in [2.75, 3.05) is 31.6 Å². The van der Waals surface area contributed by atoms with Gasteiger partial charge in [0.25, 0.3) is 0 Å². The molecule has 5 heterocycles. The van der Waals surface area contributed by atoms with Crippen molar-refractivity contribution in [1.29, 1.82) is 0 Å². The molecule has 2 aliphatic heterocycles. The van der Waals surface area contributed by atoms with Crippen LogP contribution >= 0.6 is 11.3 Å². The van der Waals surface area contributed by atoms with Crippen LogP contribution in [0.1, 0.15) is 11.3 Å². The summed E-state index contributed by atoms with van der Waals surface area (Å²) in [4.78, 5) is 6.27. The Labute approximate surface area is 174 Å². The second-order valence-corrected chi connectivity index (χ2v) is 8.67. The molecule has 0 unspecified atom stereocenters. The van der Waals surface area contributed by atoms with Crippen LogP contribution in [0.25, 0.3) is 16.2 Å². The Bertz CT molecular complexity index is 1050. The maximum Gasteiger partial charge on any atom is 0.425 e. The van der Waals surface area contributed by atoms with Gasteiger partial charge < -0.3 is 15.2 Å². The smallest absolute Gasteiger partial charge is 0.390 e. The molecule has 2 atom stereocenters. The zero-order valence-corrected chi connectivity index (χ0v) is 16.7. The Morgan fingerprint density at radius 3 is 2.70 bits per heavy atom. The van der Waals surface area contributed by atoms with Crippen molar-refractivity contribution in [3.63, 3.8) is 0 Å². The molecule has 0 spiro atoms. The topological polar surface area (TPSA) is 74.9 Å². The molecule has 2 aliphatic rings. The average Bonchev–Trinajstić information content (AvgIpc) is 3.28. The number of piperidine rings is 1. The molecule has 0 aliphatic carbocycles. The van der Waals surface area contributed by atoms with Gasteiger partial charge in [-0.25, -0.2) is 9.50 Å². The minimum atomic E-state index is -4.37. The lowest BCUT2D eigenvalue weighted by molar-refractivity contribution is -0.134. The van der Waals surface area contributed by atoms with Crippen LogP contribution in [-0.2, 0) is 10.9 Å². The quantitative estimate of drug-likeness (QED) is 0.651. The molecule has 0 aromatic carbocycles. The number of aliphatic hydroxyl groups is 1. The number of halogens is 3. The Morgan fingerprint density at radius 1 is 1.20 bits per heavy atom. The first-order chi connectivity index (χ1) is 14.4. The van der Waals surface area contributed by atoms with Crippen molar-refractivity contribution in [1.82, 2.24) is 19.5 Å². The highest BCUT2D eigenvalue weighted by atomic mass is 32.1. The van der Waals surface area contributed by atoms with E-state index in [2.05, 4.69) is 20.3 Å². The minimum Gasteiger partial charge on any atom is -0.390 e. The number of nitrogens with one attached hydrogen (secondary N) is 1. The Balaban J connectivity index is 1.35. The van der Waals surface area contributed by atoms with Crippen LogP contribution in [0.5, 0.6) is 0 Å². The molecule has 5 rings (SSSR count). The van der Waals surface area contributed by atoms with Gasteiger partial charge in [0.2, 0.25) is 0 Å². The number of likely N-dealkylation sites (tertiary alicyclic amines) is 1. The van der Waals surface area contributed by atoms with Gasteiger partial charge in [-0.05, 0) is 30.7 Å². The van der Waals surface area contributed by atoms with Gasteiger partial charge >= 0.3 is 6.18 Å². The number of β-amino-alcohol motifs (C(OH)–C–C–N with tert-alkyl or cyclic N) is 1. The molecule has 3 aromatic rings. The van der Waals surface area contributed by atoms with Crippen LogP contribution in [-0.4, -0.2) is 69.1 Å². The van der Waals surface area contributed by atoms with Gasteiger partial charge in [-0.2, -0.15) is 13.2 Å². The van der Waals surface area contributed by atoms with Crippen LogP contribution < -0.4 is 5.32 Å². The van der Waals surface area contributed by atoms with Crippen molar-refractivity contribution < 1.29 is 23.0 Å². The first kappa shape index (κ1) is 19.7. The molecule has 11 heteroatoms. The number of fused-ring (bicyclic) bond motifs is 1. The van der Waals surface area contributed by atoms with Gasteiger partial charge in [-0.1, -0.05) is 0 Å². The molecule has 7 nitrogen and oxygen atoms in total. The fourth-order valence-electron chi connectivity index (χ4n) is 3.83. The van der Waals surface area contributed by atoms with Crippen LogP contribution in [0.3, 0.4) is 0 Å². The Morgan fingerprint density at radius 2 is 2.03 bits per heavy atom. The van der Waals surface area contributed by atoms with E-state index in [4.69, 9.17) is 4.74 Å². The van der Waals surface area contributed by atoms with Crippen LogP contribution in [0.2, 0.25) is 0 Å². The summed E-state index contributed by atoms with van der Waals surface area (Å²) in [6.07, 6.45) is -2.65. The van der Waals surface area contributed by atoms with Crippen LogP contribution in [0, 0.1) is 0 Å². The van der Waals surface area contributed by atoms with E-state index >= 15 is 0 Å². The highest BCUT2D eigenvalue weighted by Gasteiger charge is 2.35. The number of rotatable bonds is 4. The number of thiophene rings is 1. The molecule has 0 saturated carbocycles. The van der Waals surface area contributed by atoms with Crippen molar-refractivity contribution in [3.8, 4) is 10.6 Å². The number of imidazole rings is 1. The number of hydrogen-bond acceptors (Lipinski definition) is 7. The summed E-state index contributed by atoms with van der Waals surface area (Å²) in [5.74, 6) is 0.541. The molecule has 160 valence electrons. The largest absolute Gasteiger partial charge is 0.425 e. The number of nitrogens with zero attached hydrogens (tertiary/aromatic N) is 4. The van der Waals surface area contributed by atoms with Crippen LogP contribution in [0.4, 0.5) is 19.0 Å². The van der Waals surface area contributed by atoms with E-state index in [0.29, 0.717) is 59.2 Å². The minimum absolute atomic E-state index is 0.155. The summed E-state index contributed by atoms with van der Waals surface area (Å²) < 4.78 is 45.6. The van der Waals surface area contributed by atoms with E-state index in [1.807, 2.05) is 0 Å². The van der Waals surface area contributed by atoms with Gasteiger partial charge in [-0.15, -0.1) is 16.4 Å². The lowest BCUT2D eigenvalue weighted by Crippen LogP contribution is -2.58. The second-order valence-electron chi connectivity index (χ2n) is 7.59. The van der Waals surface area contributed by atoms with Crippen molar-refractivity contribution >= 4 is 22.8 Å².